The molecule has 1 atom stereocenters. The molecule has 0 aliphatic carbocycles. The Morgan fingerprint density at radius 3 is 2.74 bits per heavy atom. The van der Waals surface area contributed by atoms with E-state index in [1.807, 2.05) is 0 Å². The van der Waals surface area contributed by atoms with Gasteiger partial charge >= 0.3 is 0 Å². The van der Waals surface area contributed by atoms with Gasteiger partial charge in [-0.05, 0) is 48.8 Å². The summed E-state index contributed by atoms with van der Waals surface area (Å²) in [6.45, 7) is 4.08. The maximum Gasteiger partial charge on any atom is 0.288 e. The Labute approximate surface area is 162 Å². The minimum atomic E-state index is -0.549. The molecule has 3 aromatic rings. The van der Waals surface area contributed by atoms with Gasteiger partial charge < -0.3 is 9.15 Å². The summed E-state index contributed by atoms with van der Waals surface area (Å²) in [4.78, 5) is 2.56. The summed E-state index contributed by atoms with van der Waals surface area (Å²) < 4.78 is 26.6. The van der Waals surface area contributed by atoms with Crippen LogP contribution < -0.4 is 4.74 Å². The monoisotopic (exact) mass is 385 g/mol. The maximum absolute atomic E-state index is 13.8. The first-order valence-corrected chi connectivity index (χ1v) is 9.29. The van der Waals surface area contributed by atoms with E-state index in [9.17, 15) is 4.39 Å². The van der Waals surface area contributed by atoms with Gasteiger partial charge in [-0.3, -0.25) is 4.90 Å². The molecule has 0 amide bonds. The van der Waals surface area contributed by atoms with Gasteiger partial charge in [0, 0.05) is 13.1 Å². The molecule has 0 bridgehead atoms. The highest BCUT2D eigenvalue weighted by Gasteiger charge is 2.20. The lowest BCUT2D eigenvalue weighted by Crippen LogP contribution is -2.32. The van der Waals surface area contributed by atoms with Crippen LogP contribution in [0.3, 0.4) is 0 Å². The summed E-state index contributed by atoms with van der Waals surface area (Å²) in [6.07, 6.45) is 0.452. The minimum Gasteiger partial charge on any atom is -0.478 e. The van der Waals surface area contributed by atoms with E-state index in [1.54, 1.807) is 29.8 Å². The zero-order valence-corrected chi connectivity index (χ0v) is 15.8. The molecule has 0 saturated heterocycles. The van der Waals surface area contributed by atoms with Crippen molar-refractivity contribution in [2.24, 2.45) is 0 Å². The predicted octanol–water partition coefficient (Wildman–Crippen LogP) is 4.50. The molecule has 1 aliphatic heterocycles. The Morgan fingerprint density at radius 1 is 1.19 bits per heavy atom. The van der Waals surface area contributed by atoms with E-state index in [0.29, 0.717) is 12.6 Å². The number of fused-ring (bicyclic) bond motifs is 1. The van der Waals surface area contributed by atoms with Crippen LogP contribution in [0.25, 0.3) is 0 Å². The number of rotatable bonds is 5. The second kappa shape index (κ2) is 7.62. The number of para-hydroxylation sites is 1. The number of nitrogens with zero attached hydrogens (tertiary/aromatic N) is 3. The number of aromatic nitrogens is 2. The molecule has 0 unspecified atom stereocenters. The van der Waals surface area contributed by atoms with E-state index >= 15 is 0 Å². The first kappa shape index (κ1) is 17.9. The van der Waals surface area contributed by atoms with E-state index in [2.05, 4.69) is 34.3 Å². The van der Waals surface area contributed by atoms with Gasteiger partial charge in [-0.1, -0.05) is 36.4 Å². The van der Waals surface area contributed by atoms with Crippen molar-refractivity contribution >= 4 is 12.2 Å². The van der Waals surface area contributed by atoms with Crippen molar-refractivity contribution in [1.82, 2.24) is 14.7 Å². The van der Waals surface area contributed by atoms with Crippen LogP contribution in [0.2, 0.25) is 0 Å². The van der Waals surface area contributed by atoms with Gasteiger partial charge in [0.1, 0.15) is 0 Å². The summed E-state index contributed by atoms with van der Waals surface area (Å²) in [5.41, 5.74) is 2.72. The standard InChI is InChI=1S/C20H20FN3O2S/c1-14(25-18-9-5-4-8-17(18)21)19-22-24(20(27)26-19)13-23-11-10-15-6-2-3-7-16(15)12-23/h2-9,14H,10-13H2,1H3/t14-/m0/s1. The Kier molecular flexibility index (Phi) is 5.05. The zero-order chi connectivity index (χ0) is 18.8. The molecule has 0 spiro atoms. The molecule has 1 aliphatic rings. The second-order valence-electron chi connectivity index (χ2n) is 6.61. The predicted molar refractivity (Wildman–Crippen MR) is 101 cm³/mol. The van der Waals surface area contributed by atoms with E-state index in [4.69, 9.17) is 21.4 Å². The molecule has 2 heterocycles. The molecule has 0 saturated carbocycles. The molecule has 2 aromatic carbocycles. The summed E-state index contributed by atoms with van der Waals surface area (Å²) >= 11 is 5.31. The van der Waals surface area contributed by atoms with Gasteiger partial charge in [-0.2, -0.15) is 0 Å². The van der Waals surface area contributed by atoms with Gasteiger partial charge in [-0.15, -0.1) is 5.10 Å². The number of ether oxygens (including phenoxy) is 1. The molecule has 27 heavy (non-hydrogen) atoms. The van der Waals surface area contributed by atoms with Crippen LogP contribution in [-0.2, 0) is 19.6 Å². The summed E-state index contributed by atoms with van der Waals surface area (Å²) in [5, 5.41) is 4.44. The van der Waals surface area contributed by atoms with Crippen LogP contribution in [0.1, 0.15) is 30.0 Å². The first-order valence-electron chi connectivity index (χ1n) is 8.88. The third-order valence-electron chi connectivity index (χ3n) is 4.65. The van der Waals surface area contributed by atoms with Crippen molar-refractivity contribution in [3.8, 4) is 5.75 Å². The van der Waals surface area contributed by atoms with Gasteiger partial charge in [0.15, 0.2) is 17.7 Å². The molecular formula is C20H20FN3O2S. The third kappa shape index (κ3) is 3.94. The topological polar surface area (TPSA) is 43.4 Å². The van der Waals surface area contributed by atoms with Gasteiger partial charge in [0.25, 0.3) is 10.7 Å². The molecule has 140 valence electrons. The van der Waals surface area contributed by atoms with Crippen molar-refractivity contribution < 1.29 is 13.5 Å². The Hall–Kier alpha value is -2.51. The van der Waals surface area contributed by atoms with Crippen LogP contribution in [0.15, 0.2) is 52.9 Å². The molecule has 0 radical (unpaired) electrons. The fourth-order valence-electron chi connectivity index (χ4n) is 3.22. The Balaban J connectivity index is 1.46. The van der Waals surface area contributed by atoms with Gasteiger partial charge in [-0.25, -0.2) is 9.07 Å². The second-order valence-corrected chi connectivity index (χ2v) is 6.96. The summed E-state index contributed by atoms with van der Waals surface area (Å²) in [7, 11) is 0. The van der Waals surface area contributed by atoms with E-state index < -0.39 is 11.9 Å². The average molecular weight is 385 g/mol. The fourth-order valence-corrected chi connectivity index (χ4v) is 3.41. The van der Waals surface area contributed by atoms with Crippen LogP contribution in [-0.4, -0.2) is 21.2 Å². The highest BCUT2D eigenvalue weighted by atomic mass is 32.1. The number of benzene rings is 2. The first-order chi connectivity index (χ1) is 13.1. The third-order valence-corrected chi connectivity index (χ3v) is 4.95. The largest absolute Gasteiger partial charge is 0.478 e. The van der Waals surface area contributed by atoms with Crippen molar-refractivity contribution in [3.63, 3.8) is 0 Å². The van der Waals surface area contributed by atoms with Crippen LogP contribution >= 0.6 is 12.2 Å². The van der Waals surface area contributed by atoms with E-state index in [-0.39, 0.29) is 10.6 Å². The zero-order valence-electron chi connectivity index (χ0n) is 15.0. The van der Waals surface area contributed by atoms with E-state index in [1.165, 1.54) is 17.2 Å². The number of halogens is 1. The molecular weight excluding hydrogens is 365 g/mol. The maximum atomic E-state index is 13.8. The lowest BCUT2D eigenvalue weighted by atomic mass is 10.0. The summed E-state index contributed by atoms with van der Waals surface area (Å²) in [5.74, 6) is 0.0725. The average Bonchev–Trinajstić information content (AvgIpc) is 3.04. The fraction of sp³-hybridized carbons (Fsp3) is 0.300. The quantitative estimate of drug-likeness (QED) is 0.605. The molecule has 1 aromatic heterocycles. The van der Waals surface area contributed by atoms with Gasteiger partial charge in [0.2, 0.25) is 0 Å². The smallest absolute Gasteiger partial charge is 0.288 e. The number of hydrogen-bond donors (Lipinski definition) is 0. The van der Waals surface area contributed by atoms with Crippen molar-refractivity contribution in [2.75, 3.05) is 6.54 Å². The lowest BCUT2D eigenvalue weighted by Gasteiger charge is -2.28. The normalized spacial score (nSPS) is 15.3. The van der Waals surface area contributed by atoms with Crippen LogP contribution in [0, 0.1) is 10.7 Å². The van der Waals surface area contributed by atoms with Crippen molar-refractivity contribution in [3.05, 3.63) is 76.2 Å². The number of hydrogen-bond acceptors (Lipinski definition) is 5. The molecule has 7 heteroatoms. The highest BCUT2D eigenvalue weighted by Crippen LogP contribution is 2.24. The van der Waals surface area contributed by atoms with Crippen LogP contribution in [0.4, 0.5) is 4.39 Å². The summed E-state index contributed by atoms with van der Waals surface area (Å²) in [6, 6.07) is 14.7. The van der Waals surface area contributed by atoms with E-state index in [0.717, 1.165) is 19.5 Å². The SMILES string of the molecule is C[C@H](Oc1ccccc1F)c1nn(CN2CCc3ccccc3C2)c(=S)o1. The molecule has 0 N–H and O–H groups in total. The minimum absolute atomic E-state index is 0.160. The lowest BCUT2D eigenvalue weighted by molar-refractivity contribution is 0.177. The Bertz CT molecular complexity index is 1000. The van der Waals surface area contributed by atoms with Crippen LogP contribution in [0.5, 0.6) is 5.75 Å². The Morgan fingerprint density at radius 2 is 1.93 bits per heavy atom. The molecule has 0 fully saturated rings. The van der Waals surface area contributed by atoms with Crippen molar-refractivity contribution in [1.29, 1.82) is 0 Å². The highest BCUT2D eigenvalue weighted by molar-refractivity contribution is 7.71. The van der Waals surface area contributed by atoms with Crippen molar-refractivity contribution in [2.45, 2.75) is 32.7 Å². The molecule has 5 nitrogen and oxygen atoms in total. The van der Waals surface area contributed by atoms with Gasteiger partial charge in [0.05, 0.1) is 6.67 Å². The molecule has 4 rings (SSSR count).